The monoisotopic (exact) mass is 416 g/mol. The molecular formula is C25H24N2O4. The van der Waals surface area contributed by atoms with Gasteiger partial charge in [0.2, 0.25) is 5.91 Å². The number of hydrogen-bond donors (Lipinski definition) is 0. The lowest BCUT2D eigenvalue weighted by Gasteiger charge is -2.32. The van der Waals surface area contributed by atoms with Crippen molar-refractivity contribution in [3.63, 3.8) is 0 Å². The highest BCUT2D eigenvalue weighted by Crippen LogP contribution is 2.34. The second kappa shape index (κ2) is 7.71. The Labute approximate surface area is 179 Å². The number of carbonyl (C=O) groups excluding carboxylic acids is 1. The molecule has 0 radical (unpaired) electrons. The summed E-state index contributed by atoms with van der Waals surface area (Å²) in [5.41, 5.74) is 3.94. The molecule has 0 saturated carbocycles. The van der Waals surface area contributed by atoms with E-state index in [-0.39, 0.29) is 12.3 Å². The van der Waals surface area contributed by atoms with E-state index in [4.69, 9.17) is 8.83 Å². The van der Waals surface area contributed by atoms with Gasteiger partial charge in [-0.3, -0.25) is 4.79 Å². The number of nitrogens with zero attached hydrogens (tertiary/aromatic N) is 2. The van der Waals surface area contributed by atoms with E-state index in [1.54, 1.807) is 12.3 Å². The molecule has 0 atom stereocenters. The Morgan fingerprint density at radius 3 is 2.48 bits per heavy atom. The fraction of sp³-hybridized carbons (Fsp3) is 0.280. The minimum Gasteiger partial charge on any atom is -0.464 e. The van der Waals surface area contributed by atoms with E-state index in [0.717, 1.165) is 40.6 Å². The third-order valence-corrected chi connectivity index (χ3v) is 6.25. The Morgan fingerprint density at radius 2 is 1.74 bits per heavy atom. The van der Waals surface area contributed by atoms with Gasteiger partial charge in [0.15, 0.2) is 0 Å². The number of likely N-dealkylation sites (N-methyl/N-ethyl adjacent to an activating group) is 1. The van der Waals surface area contributed by atoms with Crippen molar-refractivity contribution in [1.29, 1.82) is 0 Å². The molecule has 0 N–H and O–H groups in total. The molecule has 31 heavy (non-hydrogen) atoms. The molecular weight excluding hydrogens is 392 g/mol. The van der Waals surface area contributed by atoms with Gasteiger partial charge in [-0.25, -0.2) is 4.79 Å². The first-order valence-electron chi connectivity index (χ1n) is 10.5. The molecule has 1 aliphatic heterocycles. The van der Waals surface area contributed by atoms with Gasteiger partial charge in [0.05, 0.1) is 18.2 Å². The van der Waals surface area contributed by atoms with Crippen molar-refractivity contribution in [2.75, 3.05) is 33.2 Å². The molecule has 3 heterocycles. The summed E-state index contributed by atoms with van der Waals surface area (Å²) in [7, 11) is 2.05. The van der Waals surface area contributed by atoms with Crippen LogP contribution in [-0.2, 0) is 11.2 Å². The Morgan fingerprint density at radius 1 is 1.00 bits per heavy atom. The molecule has 0 aliphatic carbocycles. The van der Waals surface area contributed by atoms with Gasteiger partial charge in [0.25, 0.3) is 0 Å². The van der Waals surface area contributed by atoms with Crippen LogP contribution in [0.3, 0.4) is 0 Å². The van der Waals surface area contributed by atoms with Crippen molar-refractivity contribution in [3.8, 4) is 11.1 Å². The van der Waals surface area contributed by atoms with Crippen LogP contribution in [0, 0.1) is 6.92 Å². The zero-order chi connectivity index (χ0) is 21.5. The van der Waals surface area contributed by atoms with E-state index in [1.165, 1.54) is 0 Å². The van der Waals surface area contributed by atoms with Crippen LogP contribution in [0.2, 0.25) is 0 Å². The van der Waals surface area contributed by atoms with Crippen LogP contribution in [0.4, 0.5) is 0 Å². The fourth-order valence-electron chi connectivity index (χ4n) is 4.27. The molecule has 158 valence electrons. The molecule has 2 aromatic carbocycles. The van der Waals surface area contributed by atoms with Gasteiger partial charge in [-0.2, -0.15) is 0 Å². The minimum atomic E-state index is -0.457. The molecule has 6 nitrogen and oxygen atoms in total. The lowest BCUT2D eigenvalue weighted by Crippen LogP contribution is -2.47. The van der Waals surface area contributed by atoms with E-state index >= 15 is 0 Å². The summed E-state index contributed by atoms with van der Waals surface area (Å²) < 4.78 is 11.4. The molecule has 1 fully saturated rings. The summed E-state index contributed by atoms with van der Waals surface area (Å²) >= 11 is 0. The predicted octanol–water partition coefficient (Wildman–Crippen LogP) is 3.83. The first-order valence-corrected chi connectivity index (χ1v) is 10.5. The predicted molar refractivity (Wildman–Crippen MR) is 120 cm³/mol. The molecule has 1 aliphatic rings. The number of aryl methyl sites for hydroxylation is 1. The average molecular weight is 416 g/mol. The van der Waals surface area contributed by atoms with E-state index < -0.39 is 5.63 Å². The van der Waals surface area contributed by atoms with Crippen LogP contribution in [0.25, 0.3) is 33.1 Å². The second-order valence-electron chi connectivity index (χ2n) is 8.21. The Balaban J connectivity index is 1.56. The number of benzene rings is 2. The smallest absolute Gasteiger partial charge is 0.340 e. The fourth-order valence-corrected chi connectivity index (χ4v) is 4.27. The molecule has 4 aromatic rings. The summed E-state index contributed by atoms with van der Waals surface area (Å²) in [6.07, 6.45) is 1.78. The van der Waals surface area contributed by atoms with Crippen molar-refractivity contribution in [2.45, 2.75) is 13.3 Å². The molecule has 5 rings (SSSR count). The molecule has 0 spiro atoms. The molecule has 0 bridgehead atoms. The summed E-state index contributed by atoms with van der Waals surface area (Å²) in [4.78, 5) is 29.6. The van der Waals surface area contributed by atoms with Gasteiger partial charge in [-0.05, 0) is 31.2 Å². The number of furan rings is 1. The maximum Gasteiger partial charge on any atom is 0.340 e. The maximum absolute atomic E-state index is 12.8. The minimum absolute atomic E-state index is 0.0304. The van der Waals surface area contributed by atoms with Crippen molar-refractivity contribution in [1.82, 2.24) is 9.80 Å². The van der Waals surface area contributed by atoms with Gasteiger partial charge in [0, 0.05) is 48.6 Å². The van der Waals surface area contributed by atoms with Gasteiger partial charge < -0.3 is 18.6 Å². The van der Waals surface area contributed by atoms with Crippen LogP contribution in [-0.4, -0.2) is 48.9 Å². The Bertz CT molecular complexity index is 1330. The van der Waals surface area contributed by atoms with Crippen LogP contribution < -0.4 is 5.63 Å². The number of amides is 1. The molecule has 2 aromatic heterocycles. The van der Waals surface area contributed by atoms with E-state index in [9.17, 15) is 9.59 Å². The standard InChI is InChI=1S/C25H24N2O4/c1-16-18-12-20-21(17-6-4-3-5-7-17)15-30-22(20)14-23(18)31-25(29)19(16)13-24(28)27-10-8-26(2)9-11-27/h3-7,12,14-15H,8-11,13H2,1-2H3. The Kier molecular flexibility index (Phi) is 4.87. The van der Waals surface area contributed by atoms with Crippen molar-refractivity contribution < 1.29 is 13.6 Å². The van der Waals surface area contributed by atoms with Crippen LogP contribution in [0.15, 0.2) is 62.4 Å². The quantitative estimate of drug-likeness (QED) is 0.475. The highest BCUT2D eigenvalue weighted by molar-refractivity contribution is 6.02. The topological polar surface area (TPSA) is 66.9 Å². The summed E-state index contributed by atoms with van der Waals surface area (Å²) in [6, 6.07) is 13.8. The SMILES string of the molecule is Cc1c(CC(=O)N2CCN(C)CC2)c(=O)oc2cc3occ(-c4ccccc4)c3cc12. The van der Waals surface area contributed by atoms with Gasteiger partial charge in [-0.15, -0.1) is 0 Å². The van der Waals surface area contributed by atoms with E-state index in [1.807, 2.05) is 55.3 Å². The Hall–Kier alpha value is -3.38. The average Bonchev–Trinajstić information content (AvgIpc) is 3.19. The number of fused-ring (bicyclic) bond motifs is 2. The largest absolute Gasteiger partial charge is 0.464 e. The zero-order valence-electron chi connectivity index (χ0n) is 17.7. The third kappa shape index (κ3) is 3.53. The van der Waals surface area contributed by atoms with Crippen LogP contribution in [0.5, 0.6) is 0 Å². The highest BCUT2D eigenvalue weighted by Gasteiger charge is 2.23. The van der Waals surface area contributed by atoms with Crippen molar-refractivity contribution >= 4 is 27.8 Å². The normalized spacial score (nSPS) is 15.1. The lowest BCUT2D eigenvalue weighted by atomic mass is 9.99. The van der Waals surface area contributed by atoms with E-state index in [2.05, 4.69) is 4.90 Å². The first-order chi connectivity index (χ1) is 15.0. The van der Waals surface area contributed by atoms with E-state index in [0.29, 0.717) is 29.8 Å². The summed E-state index contributed by atoms with van der Waals surface area (Å²) in [5, 5.41) is 1.78. The number of piperazine rings is 1. The van der Waals surface area contributed by atoms with Gasteiger partial charge in [0.1, 0.15) is 11.2 Å². The maximum atomic E-state index is 12.8. The van der Waals surface area contributed by atoms with Crippen LogP contribution >= 0.6 is 0 Å². The van der Waals surface area contributed by atoms with Crippen molar-refractivity contribution in [2.24, 2.45) is 0 Å². The van der Waals surface area contributed by atoms with Gasteiger partial charge >= 0.3 is 5.63 Å². The number of carbonyl (C=O) groups is 1. The van der Waals surface area contributed by atoms with Crippen molar-refractivity contribution in [3.05, 3.63) is 70.3 Å². The molecule has 0 unspecified atom stereocenters. The summed E-state index contributed by atoms with van der Waals surface area (Å²) in [5.74, 6) is -0.0304. The molecule has 1 amide bonds. The lowest BCUT2D eigenvalue weighted by molar-refractivity contribution is -0.132. The van der Waals surface area contributed by atoms with Crippen LogP contribution in [0.1, 0.15) is 11.1 Å². The second-order valence-corrected chi connectivity index (χ2v) is 8.21. The first kappa shape index (κ1) is 19.6. The highest BCUT2D eigenvalue weighted by atomic mass is 16.4. The third-order valence-electron chi connectivity index (χ3n) is 6.25. The molecule has 6 heteroatoms. The summed E-state index contributed by atoms with van der Waals surface area (Å²) in [6.45, 7) is 4.95. The number of hydrogen-bond acceptors (Lipinski definition) is 5. The zero-order valence-corrected chi connectivity index (χ0v) is 17.7. The molecule has 1 saturated heterocycles. The van der Waals surface area contributed by atoms with Gasteiger partial charge in [-0.1, -0.05) is 30.3 Å². The number of rotatable bonds is 3.